The average Bonchev–Trinajstić information content (AvgIpc) is 3.04. The van der Waals surface area contributed by atoms with Crippen LogP contribution in [0.5, 0.6) is 0 Å². The maximum Gasteiger partial charge on any atom is 0.335 e. The molecule has 6 nitrogen and oxygen atoms in total. The number of hydrogen-bond acceptors (Lipinski definition) is 4. The van der Waals surface area contributed by atoms with Gasteiger partial charge in [0.25, 0.3) is 0 Å². The fraction of sp³-hybridized carbons (Fsp3) is 0.0500. The molecule has 0 saturated heterocycles. The molecule has 27 heavy (non-hydrogen) atoms. The number of halogens is 1. The van der Waals surface area contributed by atoms with Crippen LogP contribution in [0.15, 0.2) is 61.1 Å². The van der Waals surface area contributed by atoms with Gasteiger partial charge in [-0.2, -0.15) is 0 Å². The van der Waals surface area contributed by atoms with Crippen molar-refractivity contribution in [3.05, 3.63) is 77.2 Å². The second-order valence-corrected chi connectivity index (χ2v) is 6.44. The molecule has 0 radical (unpaired) electrons. The molecule has 4 aromatic rings. The van der Waals surface area contributed by atoms with Crippen LogP contribution < -0.4 is 5.32 Å². The first kappa shape index (κ1) is 17.1. The Balaban J connectivity index is 1.87. The molecule has 2 heterocycles. The van der Waals surface area contributed by atoms with Crippen LogP contribution in [-0.4, -0.2) is 25.4 Å². The summed E-state index contributed by atoms with van der Waals surface area (Å²) in [6.07, 6.45) is 5.17. The van der Waals surface area contributed by atoms with Crippen molar-refractivity contribution in [3.8, 4) is 11.3 Å². The topological polar surface area (TPSA) is 79.5 Å². The van der Waals surface area contributed by atoms with E-state index >= 15 is 0 Å². The molecule has 2 aromatic carbocycles. The highest BCUT2D eigenvalue weighted by molar-refractivity contribution is 6.31. The van der Waals surface area contributed by atoms with Crippen molar-refractivity contribution >= 4 is 34.7 Å². The highest BCUT2D eigenvalue weighted by Crippen LogP contribution is 2.33. The normalized spacial score (nSPS) is 10.9. The number of aromatic carboxylic acids is 1. The van der Waals surface area contributed by atoms with Gasteiger partial charge in [0.15, 0.2) is 5.65 Å². The van der Waals surface area contributed by atoms with Crippen molar-refractivity contribution in [2.24, 2.45) is 0 Å². The highest BCUT2D eigenvalue weighted by atomic mass is 35.5. The quantitative estimate of drug-likeness (QED) is 0.533. The predicted molar refractivity (Wildman–Crippen MR) is 105 cm³/mol. The van der Waals surface area contributed by atoms with E-state index in [-0.39, 0.29) is 5.56 Å². The van der Waals surface area contributed by atoms with Crippen molar-refractivity contribution < 1.29 is 9.90 Å². The van der Waals surface area contributed by atoms with Crippen LogP contribution in [-0.2, 0) is 0 Å². The van der Waals surface area contributed by atoms with E-state index in [4.69, 9.17) is 16.7 Å². The summed E-state index contributed by atoms with van der Waals surface area (Å²) in [5, 5.41) is 13.2. The van der Waals surface area contributed by atoms with Crippen LogP contribution in [0.3, 0.4) is 0 Å². The molecule has 4 rings (SSSR count). The van der Waals surface area contributed by atoms with E-state index in [0.29, 0.717) is 16.4 Å². The molecule has 0 fully saturated rings. The van der Waals surface area contributed by atoms with Crippen molar-refractivity contribution in [1.29, 1.82) is 0 Å². The number of fused-ring (bicyclic) bond motifs is 1. The number of carboxylic acids is 1. The predicted octanol–water partition coefficient (Wildman–Crippen LogP) is 4.80. The third-order valence-corrected chi connectivity index (χ3v) is 4.77. The Morgan fingerprint density at radius 2 is 1.96 bits per heavy atom. The summed E-state index contributed by atoms with van der Waals surface area (Å²) in [6.45, 7) is 1.94. The van der Waals surface area contributed by atoms with Gasteiger partial charge in [0.2, 0.25) is 0 Å². The van der Waals surface area contributed by atoms with Gasteiger partial charge in [-0.15, -0.1) is 0 Å². The smallest absolute Gasteiger partial charge is 0.335 e. The Bertz CT molecular complexity index is 1150. The molecule has 2 aromatic heterocycles. The molecule has 0 amide bonds. The van der Waals surface area contributed by atoms with E-state index in [1.807, 2.05) is 35.7 Å². The van der Waals surface area contributed by atoms with Crippen molar-refractivity contribution in [2.45, 2.75) is 6.92 Å². The minimum atomic E-state index is -0.964. The minimum absolute atomic E-state index is 0.226. The Kier molecular flexibility index (Phi) is 4.25. The Hall–Kier alpha value is -3.38. The Labute approximate surface area is 160 Å². The van der Waals surface area contributed by atoms with Crippen molar-refractivity contribution in [1.82, 2.24) is 14.4 Å². The summed E-state index contributed by atoms with van der Waals surface area (Å²) in [5.74, 6) is -0.213. The van der Waals surface area contributed by atoms with Gasteiger partial charge >= 0.3 is 5.97 Å². The standard InChI is InChI=1S/C20H15ClN4O2/c1-12-15(21)3-2-4-16(12)23-19-18(24-17-11-22-9-10-25(17)19)13-5-7-14(8-6-13)20(26)27/h2-11,23H,1H3,(H,26,27). The number of anilines is 2. The van der Waals surface area contributed by atoms with Crippen LogP contribution in [0, 0.1) is 6.92 Å². The summed E-state index contributed by atoms with van der Waals surface area (Å²) < 4.78 is 1.90. The van der Waals surface area contributed by atoms with Crippen LogP contribution in [0.2, 0.25) is 5.02 Å². The number of rotatable bonds is 4. The third kappa shape index (κ3) is 3.11. The van der Waals surface area contributed by atoms with Gasteiger partial charge in [-0.25, -0.2) is 9.78 Å². The second kappa shape index (κ2) is 6.74. The van der Waals surface area contributed by atoms with Crippen molar-refractivity contribution in [2.75, 3.05) is 5.32 Å². The summed E-state index contributed by atoms with van der Waals surface area (Å²) in [5.41, 5.74) is 4.19. The number of carboxylic acid groups (broad SMARTS) is 1. The zero-order valence-corrected chi connectivity index (χ0v) is 15.1. The van der Waals surface area contributed by atoms with Gasteiger partial charge in [0.1, 0.15) is 11.5 Å². The monoisotopic (exact) mass is 378 g/mol. The van der Waals surface area contributed by atoms with E-state index in [9.17, 15) is 4.79 Å². The molecular weight excluding hydrogens is 364 g/mol. The fourth-order valence-corrected chi connectivity index (χ4v) is 3.04. The van der Waals surface area contributed by atoms with E-state index in [0.717, 1.165) is 22.6 Å². The lowest BCUT2D eigenvalue weighted by Gasteiger charge is -2.12. The van der Waals surface area contributed by atoms with Crippen LogP contribution in [0.4, 0.5) is 11.5 Å². The van der Waals surface area contributed by atoms with Gasteiger partial charge in [0.05, 0.1) is 11.8 Å². The van der Waals surface area contributed by atoms with Crippen LogP contribution in [0.25, 0.3) is 16.9 Å². The van der Waals surface area contributed by atoms with Gasteiger partial charge in [-0.05, 0) is 36.8 Å². The summed E-state index contributed by atoms with van der Waals surface area (Å²) in [7, 11) is 0. The van der Waals surface area contributed by atoms with Gasteiger partial charge < -0.3 is 10.4 Å². The maximum absolute atomic E-state index is 11.1. The van der Waals surface area contributed by atoms with Crippen LogP contribution in [0.1, 0.15) is 15.9 Å². The average molecular weight is 379 g/mol. The van der Waals surface area contributed by atoms with E-state index < -0.39 is 5.97 Å². The minimum Gasteiger partial charge on any atom is -0.478 e. The molecule has 0 saturated carbocycles. The molecular formula is C20H15ClN4O2. The molecule has 7 heteroatoms. The zero-order chi connectivity index (χ0) is 19.0. The van der Waals surface area contributed by atoms with E-state index in [1.54, 1.807) is 36.7 Å². The molecule has 2 N–H and O–H groups in total. The largest absolute Gasteiger partial charge is 0.478 e. The molecule has 0 aliphatic heterocycles. The molecule has 0 aliphatic carbocycles. The first-order chi connectivity index (χ1) is 13.0. The Morgan fingerprint density at radius 3 is 2.70 bits per heavy atom. The first-order valence-corrected chi connectivity index (χ1v) is 8.60. The van der Waals surface area contributed by atoms with Gasteiger partial charge in [-0.3, -0.25) is 9.38 Å². The number of nitrogens with one attached hydrogen (secondary N) is 1. The number of nitrogens with zero attached hydrogens (tertiary/aromatic N) is 3. The van der Waals surface area contributed by atoms with E-state index in [1.165, 1.54) is 0 Å². The zero-order valence-electron chi connectivity index (χ0n) is 14.3. The molecule has 0 atom stereocenters. The lowest BCUT2D eigenvalue weighted by atomic mass is 10.1. The van der Waals surface area contributed by atoms with E-state index in [2.05, 4.69) is 15.3 Å². The molecule has 0 spiro atoms. The molecule has 0 bridgehead atoms. The van der Waals surface area contributed by atoms with Gasteiger partial charge in [0, 0.05) is 28.7 Å². The number of benzene rings is 2. The molecule has 0 aliphatic rings. The Morgan fingerprint density at radius 1 is 1.19 bits per heavy atom. The first-order valence-electron chi connectivity index (χ1n) is 8.22. The lowest BCUT2D eigenvalue weighted by molar-refractivity contribution is 0.0697. The summed E-state index contributed by atoms with van der Waals surface area (Å²) in [4.78, 5) is 19.9. The summed E-state index contributed by atoms with van der Waals surface area (Å²) >= 11 is 6.25. The van der Waals surface area contributed by atoms with Gasteiger partial charge in [-0.1, -0.05) is 29.8 Å². The number of carbonyl (C=O) groups is 1. The highest BCUT2D eigenvalue weighted by Gasteiger charge is 2.16. The second-order valence-electron chi connectivity index (χ2n) is 6.03. The number of hydrogen-bond donors (Lipinski definition) is 2. The number of aromatic nitrogens is 3. The van der Waals surface area contributed by atoms with Crippen LogP contribution >= 0.6 is 11.6 Å². The molecule has 0 unspecified atom stereocenters. The lowest BCUT2D eigenvalue weighted by Crippen LogP contribution is -1.99. The fourth-order valence-electron chi connectivity index (χ4n) is 2.87. The SMILES string of the molecule is Cc1c(Cl)cccc1Nc1c(-c2ccc(C(=O)O)cc2)nc2cnccn12. The maximum atomic E-state index is 11.1. The summed E-state index contributed by atoms with van der Waals surface area (Å²) in [6, 6.07) is 12.3. The number of imidazole rings is 1. The molecule has 134 valence electrons. The third-order valence-electron chi connectivity index (χ3n) is 4.36. The van der Waals surface area contributed by atoms with Crippen molar-refractivity contribution in [3.63, 3.8) is 0 Å².